The van der Waals surface area contributed by atoms with Crippen molar-refractivity contribution >= 4 is 57.1 Å². The van der Waals surface area contributed by atoms with Crippen LogP contribution in [0.1, 0.15) is 0 Å². The Bertz CT molecular complexity index is 2840. The zero-order chi connectivity index (χ0) is 36.2. The molecule has 0 radical (unpaired) electrons. The summed E-state index contributed by atoms with van der Waals surface area (Å²) in [5, 5.41) is 8.08. The molecule has 0 saturated heterocycles. The summed E-state index contributed by atoms with van der Waals surface area (Å²) in [5.74, 6) is 0. The van der Waals surface area contributed by atoms with Crippen molar-refractivity contribution in [3.05, 3.63) is 200 Å². The quantitative estimate of drug-likeness (QED) is 0.123. The highest BCUT2D eigenvalue weighted by molar-refractivity contribution is 7.03. The molecule has 0 amide bonds. The molecule has 0 unspecified atom stereocenters. The minimum atomic E-state index is -1.70. The van der Waals surface area contributed by atoms with E-state index in [1.165, 1.54) is 71.2 Å². The lowest BCUT2D eigenvalue weighted by Gasteiger charge is -2.27. The van der Waals surface area contributed by atoms with Gasteiger partial charge in [0.2, 0.25) is 0 Å². The first-order chi connectivity index (χ1) is 26.5. The van der Waals surface area contributed by atoms with E-state index >= 15 is 0 Å². The van der Waals surface area contributed by atoms with Crippen LogP contribution < -0.4 is 15.3 Å². The third-order valence-corrected chi connectivity index (χ3v) is 15.0. The molecular formula is C52H39NSi. The van der Waals surface area contributed by atoms with Gasteiger partial charge in [-0.15, -0.1) is 0 Å². The predicted octanol–water partition coefficient (Wildman–Crippen LogP) is 13.3. The SMILES string of the molecule is C[Si]1(C)c2ccccc2-c2cc(-c3ccc(N(c4ccc(-c5ccccc5)c(-c5ccccc5)c4)c4ccc5ccc6ccccc6c5c4)cc3)ccc21. The molecule has 10 rings (SSSR count). The molecule has 1 aliphatic heterocycles. The molecule has 2 heteroatoms. The fourth-order valence-electron chi connectivity index (χ4n) is 8.68. The van der Waals surface area contributed by atoms with Crippen LogP contribution in [0.3, 0.4) is 0 Å². The van der Waals surface area contributed by atoms with Crippen LogP contribution in [-0.2, 0) is 0 Å². The van der Waals surface area contributed by atoms with Crippen LogP contribution >= 0.6 is 0 Å². The van der Waals surface area contributed by atoms with E-state index in [0.29, 0.717) is 0 Å². The van der Waals surface area contributed by atoms with Crippen molar-refractivity contribution < 1.29 is 0 Å². The van der Waals surface area contributed by atoms with Crippen molar-refractivity contribution in [3.63, 3.8) is 0 Å². The molecule has 0 bridgehead atoms. The standard InChI is InChI=1S/C52H39NSi/c1-54(2)51-20-12-11-19-47(51)50-33-41(26-32-52(50)54)36-23-27-42(28-24-36)53(43-29-25-40-22-21-39-17-9-10-18-45(39)49(40)34-43)44-30-31-46(37-13-5-3-6-14-37)48(35-44)38-15-7-4-8-16-38/h3-35H,1-2H3. The number of rotatable bonds is 6. The number of hydrogen-bond acceptors (Lipinski definition) is 1. The molecule has 0 fully saturated rings. The second-order valence-electron chi connectivity index (χ2n) is 15.0. The monoisotopic (exact) mass is 705 g/mol. The maximum atomic E-state index is 2.48. The second kappa shape index (κ2) is 12.9. The Balaban J connectivity index is 1.13. The first-order valence-electron chi connectivity index (χ1n) is 18.8. The van der Waals surface area contributed by atoms with Crippen molar-refractivity contribution in [2.75, 3.05) is 4.90 Å². The van der Waals surface area contributed by atoms with Gasteiger partial charge >= 0.3 is 0 Å². The highest BCUT2D eigenvalue weighted by Gasteiger charge is 2.37. The molecule has 1 heterocycles. The largest absolute Gasteiger partial charge is 0.310 e. The zero-order valence-electron chi connectivity index (χ0n) is 30.5. The summed E-state index contributed by atoms with van der Waals surface area (Å²) in [6, 6.07) is 73.8. The van der Waals surface area contributed by atoms with Gasteiger partial charge in [0, 0.05) is 17.1 Å². The Morgan fingerprint density at radius 1 is 0.315 bits per heavy atom. The van der Waals surface area contributed by atoms with Crippen LogP contribution in [-0.4, -0.2) is 8.07 Å². The van der Waals surface area contributed by atoms with Crippen LogP contribution in [0.4, 0.5) is 17.1 Å². The second-order valence-corrected chi connectivity index (χ2v) is 19.3. The highest BCUT2D eigenvalue weighted by atomic mass is 28.3. The molecule has 9 aromatic carbocycles. The minimum Gasteiger partial charge on any atom is -0.310 e. The van der Waals surface area contributed by atoms with Gasteiger partial charge in [0.15, 0.2) is 0 Å². The lowest BCUT2D eigenvalue weighted by molar-refractivity contribution is 1.29. The van der Waals surface area contributed by atoms with Crippen LogP contribution in [0.15, 0.2) is 200 Å². The predicted molar refractivity (Wildman–Crippen MR) is 235 cm³/mol. The Morgan fingerprint density at radius 2 is 0.870 bits per heavy atom. The number of anilines is 3. The Morgan fingerprint density at radius 3 is 1.65 bits per heavy atom. The summed E-state index contributed by atoms with van der Waals surface area (Å²) in [7, 11) is -1.70. The highest BCUT2D eigenvalue weighted by Crippen LogP contribution is 2.43. The third kappa shape index (κ3) is 5.38. The number of benzene rings is 9. The Labute approximate surface area is 318 Å². The van der Waals surface area contributed by atoms with Crippen LogP contribution in [0.2, 0.25) is 13.1 Å². The number of fused-ring (bicyclic) bond motifs is 6. The van der Waals surface area contributed by atoms with E-state index < -0.39 is 8.07 Å². The fraction of sp³-hybridized carbons (Fsp3) is 0.0385. The minimum absolute atomic E-state index is 1.11. The molecular weight excluding hydrogens is 667 g/mol. The third-order valence-electron chi connectivity index (χ3n) is 11.5. The van der Waals surface area contributed by atoms with Crippen LogP contribution in [0.5, 0.6) is 0 Å². The number of nitrogens with zero attached hydrogens (tertiary/aromatic N) is 1. The van der Waals surface area contributed by atoms with E-state index in [-0.39, 0.29) is 0 Å². The van der Waals surface area contributed by atoms with E-state index in [2.05, 4.69) is 218 Å². The summed E-state index contributed by atoms with van der Waals surface area (Å²) >= 11 is 0. The molecule has 256 valence electrons. The lowest BCUT2D eigenvalue weighted by Crippen LogP contribution is -2.49. The van der Waals surface area contributed by atoms with Gasteiger partial charge in [0.05, 0.1) is 0 Å². The molecule has 54 heavy (non-hydrogen) atoms. The number of hydrogen-bond donors (Lipinski definition) is 0. The molecule has 0 aromatic heterocycles. The normalized spacial score (nSPS) is 12.8. The van der Waals surface area contributed by atoms with Crippen molar-refractivity contribution in [2.45, 2.75) is 13.1 Å². The smallest absolute Gasteiger partial charge is 0.113 e. The summed E-state index contributed by atoms with van der Waals surface area (Å²) in [6.07, 6.45) is 0. The molecule has 0 saturated carbocycles. The van der Waals surface area contributed by atoms with Crippen molar-refractivity contribution in [1.82, 2.24) is 0 Å². The van der Waals surface area contributed by atoms with Gasteiger partial charge < -0.3 is 4.90 Å². The van der Waals surface area contributed by atoms with E-state index in [4.69, 9.17) is 0 Å². The first-order valence-corrected chi connectivity index (χ1v) is 21.8. The molecule has 0 N–H and O–H groups in total. The van der Waals surface area contributed by atoms with Crippen molar-refractivity contribution in [2.24, 2.45) is 0 Å². The zero-order valence-corrected chi connectivity index (χ0v) is 31.5. The van der Waals surface area contributed by atoms with E-state index in [1.807, 2.05) is 0 Å². The van der Waals surface area contributed by atoms with Crippen LogP contribution in [0.25, 0.3) is 66.1 Å². The first kappa shape index (κ1) is 32.2. The summed E-state index contributed by atoms with van der Waals surface area (Å²) in [5.41, 5.74) is 13.5. The van der Waals surface area contributed by atoms with Gasteiger partial charge in [-0.2, -0.15) is 0 Å². The molecule has 0 aliphatic carbocycles. The van der Waals surface area contributed by atoms with Crippen molar-refractivity contribution in [1.29, 1.82) is 0 Å². The van der Waals surface area contributed by atoms with E-state index in [0.717, 1.165) is 17.1 Å². The van der Waals surface area contributed by atoms with Crippen molar-refractivity contribution in [3.8, 4) is 44.5 Å². The molecule has 9 aromatic rings. The lowest BCUT2D eigenvalue weighted by atomic mass is 9.93. The average molecular weight is 706 g/mol. The molecule has 1 nitrogen and oxygen atoms in total. The van der Waals surface area contributed by atoms with E-state index in [1.54, 1.807) is 5.19 Å². The Kier molecular flexibility index (Phi) is 7.67. The maximum Gasteiger partial charge on any atom is 0.113 e. The van der Waals surface area contributed by atoms with E-state index in [9.17, 15) is 0 Å². The molecule has 1 aliphatic rings. The average Bonchev–Trinajstić information content (AvgIpc) is 3.47. The summed E-state index contributed by atoms with van der Waals surface area (Å²) in [4.78, 5) is 2.42. The van der Waals surface area contributed by atoms with Gasteiger partial charge in [-0.3, -0.25) is 0 Å². The topological polar surface area (TPSA) is 3.24 Å². The van der Waals surface area contributed by atoms with Gasteiger partial charge in [0.1, 0.15) is 8.07 Å². The Hall–Kier alpha value is -6.48. The van der Waals surface area contributed by atoms with Gasteiger partial charge in [-0.25, -0.2) is 0 Å². The molecule has 0 atom stereocenters. The maximum absolute atomic E-state index is 2.48. The molecule has 0 spiro atoms. The van der Waals surface area contributed by atoms with Gasteiger partial charge in [-0.05, 0) is 119 Å². The van der Waals surface area contributed by atoms with Crippen LogP contribution in [0, 0.1) is 0 Å². The van der Waals surface area contributed by atoms with Gasteiger partial charge in [0.25, 0.3) is 0 Å². The van der Waals surface area contributed by atoms with Gasteiger partial charge in [-0.1, -0.05) is 171 Å². The summed E-state index contributed by atoms with van der Waals surface area (Å²) < 4.78 is 0. The fourth-order valence-corrected chi connectivity index (χ4v) is 11.8. The summed E-state index contributed by atoms with van der Waals surface area (Å²) in [6.45, 7) is 4.96.